The molecule has 0 spiro atoms. The van der Waals surface area contributed by atoms with E-state index in [2.05, 4.69) is 70.7 Å². The molecule has 1 nitrogen and oxygen atoms in total. The third-order valence-electron chi connectivity index (χ3n) is 3.01. The van der Waals surface area contributed by atoms with Crippen LogP contribution in [0.4, 0.5) is 5.69 Å². The second kappa shape index (κ2) is 6.09. The molecular formula is C16H27N. The zero-order valence-electron chi connectivity index (χ0n) is 12.2. The van der Waals surface area contributed by atoms with Gasteiger partial charge in [-0.15, -0.1) is 0 Å². The van der Waals surface area contributed by atoms with Gasteiger partial charge in [-0.05, 0) is 51.7 Å². The Labute approximate surface area is 107 Å². The molecule has 0 N–H and O–H groups in total. The van der Waals surface area contributed by atoms with E-state index in [1.54, 1.807) is 0 Å². The van der Waals surface area contributed by atoms with Crippen LogP contribution in [-0.4, -0.2) is 12.1 Å². The van der Waals surface area contributed by atoms with Crippen LogP contribution in [0.3, 0.4) is 0 Å². The van der Waals surface area contributed by atoms with Crippen molar-refractivity contribution >= 4 is 5.69 Å². The summed E-state index contributed by atoms with van der Waals surface area (Å²) in [7, 11) is 0. The molecule has 0 atom stereocenters. The molecule has 0 saturated heterocycles. The molecule has 0 heterocycles. The van der Waals surface area contributed by atoms with Crippen molar-refractivity contribution in [2.24, 2.45) is 5.92 Å². The van der Waals surface area contributed by atoms with Gasteiger partial charge in [0.05, 0.1) is 0 Å². The molecule has 1 rings (SSSR count). The minimum atomic E-state index is 0.545. The minimum absolute atomic E-state index is 0.545. The lowest BCUT2D eigenvalue weighted by Crippen LogP contribution is -2.37. The molecule has 0 bridgehead atoms. The second-order valence-corrected chi connectivity index (χ2v) is 5.82. The molecule has 0 aromatic heterocycles. The number of nitrogens with zero attached hydrogens (tertiary/aromatic N) is 1. The summed E-state index contributed by atoms with van der Waals surface area (Å²) in [6.45, 7) is 13.6. The molecule has 0 saturated carbocycles. The van der Waals surface area contributed by atoms with Crippen LogP contribution < -0.4 is 4.90 Å². The zero-order chi connectivity index (χ0) is 13.0. The second-order valence-electron chi connectivity index (χ2n) is 5.82. The highest BCUT2D eigenvalue weighted by Crippen LogP contribution is 2.26. The highest BCUT2D eigenvalue weighted by atomic mass is 15.2. The average Bonchev–Trinajstić information content (AvgIpc) is 2.18. The van der Waals surface area contributed by atoms with Gasteiger partial charge < -0.3 is 4.90 Å². The van der Waals surface area contributed by atoms with Gasteiger partial charge in [0, 0.05) is 17.8 Å². The predicted molar refractivity (Wildman–Crippen MR) is 77.7 cm³/mol. The van der Waals surface area contributed by atoms with E-state index in [1.165, 1.54) is 11.3 Å². The summed E-state index contributed by atoms with van der Waals surface area (Å²) in [6, 6.07) is 9.92. The first-order valence-corrected chi connectivity index (χ1v) is 6.79. The van der Waals surface area contributed by atoms with Crippen molar-refractivity contribution in [3.05, 3.63) is 29.8 Å². The van der Waals surface area contributed by atoms with Crippen molar-refractivity contribution in [3.8, 4) is 0 Å². The molecule has 0 aliphatic carbocycles. The summed E-state index contributed by atoms with van der Waals surface area (Å²) in [6.07, 6.45) is 1.16. The van der Waals surface area contributed by atoms with Crippen molar-refractivity contribution < 1.29 is 0 Å². The monoisotopic (exact) mass is 233 g/mol. The first-order chi connectivity index (χ1) is 7.93. The average molecular weight is 233 g/mol. The van der Waals surface area contributed by atoms with Gasteiger partial charge in [0.15, 0.2) is 0 Å². The van der Waals surface area contributed by atoms with Gasteiger partial charge in [0.1, 0.15) is 0 Å². The molecule has 0 fully saturated rings. The SMILES string of the molecule is CC(C)Cc1ccccc1N(C(C)C)C(C)C. The summed E-state index contributed by atoms with van der Waals surface area (Å²) in [5.41, 5.74) is 2.89. The van der Waals surface area contributed by atoms with Crippen molar-refractivity contribution in [1.29, 1.82) is 0 Å². The molecule has 0 aliphatic heterocycles. The van der Waals surface area contributed by atoms with Gasteiger partial charge in [-0.2, -0.15) is 0 Å². The Kier molecular flexibility index (Phi) is 5.04. The summed E-state index contributed by atoms with van der Waals surface area (Å²) in [5.74, 6) is 0.706. The van der Waals surface area contributed by atoms with E-state index in [4.69, 9.17) is 0 Å². The number of hydrogen-bond donors (Lipinski definition) is 0. The molecule has 0 aliphatic rings. The van der Waals surface area contributed by atoms with Crippen LogP contribution in [0, 0.1) is 5.92 Å². The van der Waals surface area contributed by atoms with Gasteiger partial charge in [-0.1, -0.05) is 32.0 Å². The number of anilines is 1. The molecule has 1 aromatic carbocycles. The fourth-order valence-electron chi connectivity index (χ4n) is 2.53. The maximum Gasteiger partial charge on any atom is 0.0403 e. The van der Waals surface area contributed by atoms with Gasteiger partial charge in [-0.3, -0.25) is 0 Å². The lowest BCUT2D eigenvalue weighted by atomic mass is 9.99. The maximum atomic E-state index is 2.51. The Morgan fingerprint density at radius 2 is 1.41 bits per heavy atom. The topological polar surface area (TPSA) is 3.24 Å². The Morgan fingerprint density at radius 3 is 1.88 bits per heavy atom. The van der Waals surface area contributed by atoms with Crippen molar-refractivity contribution in [3.63, 3.8) is 0 Å². The van der Waals surface area contributed by atoms with E-state index < -0.39 is 0 Å². The molecule has 1 heteroatoms. The van der Waals surface area contributed by atoms with E-state index in [0.717, 1.165) is 6.42 Å². The van der Waals surface area contributed by atoms with Crippen LogP contribution in [-0.2, 0) is 6.42 Å². The number of rotatable bonds is 5. The molecule has 17 heavy (non-hydrogen) atoms. The van der Waals surface area contributed by atoms with Gasteiger partial charge in [-0.25, -0.2) is 0 Å². The summed E-state index contributed by atoms with van der Waals surface area (Å²) in [5, 5.41) is 0. The smallest absolute Gasteiger partial charge is 0.0403 e. The lowest BCUT2D eigenvalue weighted by molar-refractivity contribution is 0.595. The van der Waals surface area contributed by atoms with E-state index in [0.29, 0.717) is 18.0 Å². The third kappa shape index (κ3) is 3.76. The predicted octanol–water partition coefficient (Wildman–Crippen LogP) is 4.51. The van der Waals surface area contributed by atoms with Crippen LogP contribution >= 0.6 is 0 Å². The van der Waals surface area contributed by atoms with E-state index >= 15 is 0 Å². The zero-order valence-corrected chi connectivity index (χ0v) is 12.2. The Morgan fingerprint density at radius 1 is 0.882 bits per heavy atom. The fraction of sp³-hybridized carbons (Fsp3) is 0.625. The van der Waals surface area contributed by atoms with Crippen LogP contribution in [0.15, 0.2) is 24.3 Å². The maximum absolute atomic E-state index is 2.51. The molecule has 0 amide bonds. The van der Waals surface area contributed by atoms with E-state index in [9.17, 15) is 0 Å². The van der Waals surface area contributed by atoms with Crippen LogP contribution in [0.1, 0.15) is 47.1 Å². The van der Waals surface area contributed by atoms with Gasteiger partial charge >= 0.3 is 0 Å². The van der Waals surface area contributed by atoms with Gasteiger partial charge in [0.2, 0.25) is 0 Å². The Balaban J connectivity index is 3.09. The van der Waals surface area contributed by atoms with Crippen LogP contribution in [0.2, 0.25) is 0 Å². The summed E-state index contributed by atoms with van der Waals surface area (Å²) in [4.78, 5) is 2.51. The van der Waals surface area contributed by atoms with Crippen LogP contribution in [0.25, 0.3) is 0 Å². The fourth-order valence-corrected chi connectivity index (χ4v) is 2.53. The largest absolute Gasteiger partial charge is 0.366 e. The summed E-state index contributed by atoms with van der Waals surface area (Å²) >= 11 is 0. The highest BCUT2D eigenvalue weighted by molar-refractivity contribution is 5.55. The lowest BCUT2D eigenvalue weighted by Gasteiger charge is -2.35. The first kappa shape index (κ1) is 14.1. The molecular weight excluding hydrogens is 206 g/mol. The third-order valence-corrected chi connectivity index (χ3v) is 3.01. The molecule has 1 aromatic rings. The first-order valence-electron chi connectivity index (χ1n) is 6.79. The van der Waals surface area contributed by atoms with E-state index in [-0.39, 0.29) is 0 Å². The molecule has 96 valence electrons. The minimum Gasteiger partial charge on any atom is -0.366 e. The normalized spacial score (nSPS) is 11.6. The standard InChI is InChI=1S/C16H27N/c1-12(2)11-15-9-7-8-10-16(15)17(13(3)4)14(5)6/h7-10,12-14H,11H2,1-6H3. The van der Waals surface area contributed by atoms with E-state index in [1.807, 2.05) is 0 Å². The number of hydrogen-bond acceptors (Lipinski definition) is 1. The molecule has 0 radical (unpaired) electrons. The van der Waals surface area contributed by atoms with Gasteiger partial charge in [0.25, 0.3) is 0 Å². The van der Waals surface area contributed by atoms with Crippen molar-refractivity contribution in [2.45, 2.75) is 60.0 Å². The Bertz CT molecular complexity index is 331. The van der Waals surface area contributed by atoms with Crippen molar-refractivity contribution in [1.82, 2.24) is 0 Å². The Hall–Kier alpha value is -0.980. The quantitative estimate of drug-likeness (QED) is 0.723. The van der Waals surface area contributed by atoms with Crippen LogP contribution in [0.5, 0.6) is 0 Å². The molecule has 0 unspecified atom stereocenters. The highest BCUT2D eigenvalue weighted by Gasteiger charge is 2.17. The number of para-hydroxylation sites is 1. The number of benzene rings is 1. The summed E-state index contributed by atoms with van der Waals surface area (Å²) < 4.78 is 0. The van der Waals surface area contributed by atoms with Crippen molar-refractivity contribution in [2.75, 3.05) is 4.90 Å².